The lowest BCUT2D eigenvalue weighted by Gasteiger charge is -2.26. The molecule has 25 heavy (non-hydrogen) atoms. The van der Waals surface area contributed by atoms with E-state index in [1.807, 2.05) is 0 Å². The van der Waals surface area contributed by atoms with Gasteiger partial charge >= 0.3 is 0 Å². The Morgan fingerprint density at radius 3 is 2.36 bits per heavy atom. The van der Waals surface area contributed by atoms with E-state index in [0.29, 0.717) is 0 Å². The third-order valence-corrected chi connectivity index (χ3v) is 6.19. The highest BCUT2D eigenvalue weighted by atomic mass is 14.6. The Kier molecular flexibility index (Phi) is 3.24. The first-order chi connectivity index (χ1) is 12.3. The SMILES string of the molecule is Nc1cccc2c1-c1cc(Cc3ccccc3)ccc1C21CCCC1. The lowest BCUT2D eigenvalue weighted by Crippen LogP contribution is -2.20. The smallest absolute Gasteiger partial charge is 0.0396 e. The molecule has 0 amide bonds. The number of fused-ring (bicyclic) bond motifs is 5. The molecule has 0 saturated heterocycles. The normalized spacial score (nSPS) is 16.8. The van der Waals surface area contributed by atoms with Gasteiger partial charge in [-0.15, -0.1) is 0 Å². The van der Waals surface area contributed by atoms with Gasteiger partial charge in [0.1, 0.15) is 0 Å². The molecule has 0 bridgehead atoms. The summed E-state index contributed by atoms with van der Waals surface area (Å²) in [6.45, 7) is 0. The van der Waals surface area contributed by atoms with Crippen LogP contribution in [-0.4, -0.2) is 0 Å². The lowest BCUT2D eigenvalue weighted by molar-refractivity contribution is 0.550. The Morgan fingerprint density at radius 1 is 0.760 bits per heavy atom. The van der Waals surface area contributed by atoms with Crippen LogP contribution in [0, 0.1) is 0 Å². The molecule has 2 aliphatic rings. The second-order valence-corrected chi connectivity index (χ2v) is 7.60. The van der Waals surface area contributed by atoms with E-state index in [1.165, 1.54) is 59.1 Å². The van der Waals surface area contributed by atoms with E-state index in [4.69, 9.17) is 5.73 Å². The van der Waals surface area contributed by atoms with E-state index in [0.717, 1.165) is 12.1 Å². The number of nitrogens with two attached hydrogens (primary N) is 1. The molecule has 0 aromatic heterocycles. The van der Waals surface area contributed by atoms with Crippen LogP contribution in [0.25, 0.3) is 11.1 Å². The van der Waals surface area contributed by atoms with Crippen LogP contribution in [0.15, 0.2) is 66.7 Å². The topological polar surface area (TPSA) is 26.0 Å². The number of hydrogen-bond acceptors (Lipinski definition) is 1. The van der Waals surface area contributed by atoms with Crippen molar-refractivity contribution < 1.29 is 0 Å². The van der Waals surface area contributed by atoms with Gasteiger partial charge < -0.3 is 5.73 Å². The summed E-state index contributed by atoms with van der Waals surface area (Å²) in [5.74, 6) is 0. The molecule has 0 aliphatic heterocycles. The van der Waals surface area contributed by atoms with Gasteiger partial charge in [0.25, 0.3) is 0 Å². The van der Waals surface area contributed by atoms with Crippen molar-refractivity contribution in [3.8, 4) is 11.1 Å². The first-order valence-electron chi connectivity index (χ1n) is 9.35. The van der Waals surface area contributed by atoms with Gasteiger partial charge in [-0.05, 0) is 53.1 Å². The Bertz CT molecular complexity index is 934. The fourth-order valence-electron chi connectivity index (χ4n) is 5.09. The molecular formula is C24H23N. The van der Waals surface area contributed by atoms with E-state index in [2.05, 4.69) is 66.7 Å². The second kappa shape index (κ2) is 5.49. The first-order valence-corrected chi connectivity index (χ1v) is 9.35. The largest absolute Gasteiger partial charge is 0.398 e. The molecule has 1 nitrogen and oxygen atoms in total. The molecule has 1 heteroatoms. The Hall–Kier alpha value is -2.54. The summed E-state index contributed by atoms with van der Waals surface area (Å²) in [6.07, 6.45) is 6.13. The van der Waals surface area contributed by atoms with E-state index in [9.17, 15) is 0 Å². The summed E-state index contributed by atoms with van der Waals surface area (Å²) in [5.41, 5.74) is 16.0. The number of hydrogen-bond donors (Lipinski definition) is 1. The highest BCUT2D eigenvalue weighted by molar-refractivity contribution is 5.89. The Morgan fingerprint density at radius 2 is 1.56 bits per heavy atom. The minimum Gasteiger partial charge on any atom is -0.398 e. The van der Waals surface area contributed by atoms with Crippen molar-refractivity contribution in [2.45, 2.75) is 37.5 Å². The summed E-state index contributed by atoms with van der Waals surface area (Å²) < 4.78 is 0. The van der Waals surface area contributed by atoms with E-state index < -0.39 is 0 Å². The maximum Gasteiger partial charge on any atom is 0.0396 e. The summed E-state index contributed by atoms with van der Waals surface area (Å²) in [4.78, 5) is 0. The van der Waals surface area contributed by atoms with Crippen molar-refractivity contribution in [3.63, 3.8) is 0 Å². The van der Waals surface area contributed by atoms with Crippen LogP contribution >= 0.6 is 0 Å². The quantitative estimate of drug-likeness (QED) is 0.601. The molecule has 1 saturated carbocycles. The van der Waals surface area contributed by atoms with Crippen molar-refractivity contribution in [3.05, 3.63) is 89.0 Å². The number of benzene rings is 3. The van der Waals surface area contributed by atoms with Crippen molar-refractivity contribution in [1.82, 2.24) is 0 Å². The summed E-state index contributed by atoms with van der Waals surface area (Å²) in [5, 5.41) is 0. The monoisotopic (exact) mass is 325 g/mol. The van der Waals surface area contributed by atoms with E-state index in [1.54, 1.807) is 0 Å². The predicted octanol–water partition coefficient (Wildman–Crippen LogP) is 5.70. The maximum atomic E-state index is 6.44. The standard InChI is InChI=1S/C24H23N/c25-22-10-6-9-21-23(22)19-16-18(15-17-7-2-1-3-8-17)11-12-20(19)24(21)13-4-5-14-24/h1-3,6-12,16H,4-5,13-15,25H2. The van der Waals surface area contributed by atoms with Crippen LogP contribution in [0.4, 0.5) is 5.69 Å². The summed E-state index contributed by atoms with van der Waals surface area (Å²) in [7, 11) is 0. The van der Waals surface area contributed by atoms with Gasteiger partial charge in [0.15, 0.2) is 0 Å². The first kappa shape index (κ1) is 14.8. The van der Waals surface area contributed by atoms with Gasteiger partial charge in [0, 0.05) is 16.7 Å². The number of nitrogen functional groups attached to an aromatic ring is 1. The van der Waals surface area contributed by atoms with Gasteiger partial charge in [-0.2, -0.15) is 0 Å². The lowest BCUT2D eigenvalue weighted by atomic mass is 9.76. The van der Waals surface area contributed by atoms with Crippen molar-refractivity contribution >= 4 is 5.69 Å². The number of anilines is 1. The van der Waals surface area contributed by atoms with E-state index >= 15 is 0 Å². The van der Waals surface area contributed by atoms with Crippen molar-refractivity contribution in [1.29, 1.82) is 0 Å². The third kappa shape index (κ3) is 2.15. The van der Waals surface area contributed by atoms with Crippen LogP contribution in [0.5, 0.6) is 0 Å². The molecule has 5 rings (SSSR count). The molecular weight excluding hydrogens is 302 g/mol. The zero-order valence-electron chi connectivity index (χ0n) is 14.5. The van der Waals surface area contributed by atoms with Crippen LogP contribution < -0.4 is 5.73 Å². The van der Waals surface area contributed by atoms with Crippen LogP contribution in [0.2, 0.25) is 0 Å². The third-order valence-electron chi connectivity index (χ3n) is 6.19. The predicted molar refractivity (Wildman–Crippen MR) is 105 cm³/mol. The molecule has 1 spiro atoms. The minimum atomic E-state index is 0.214. The van der Waals surface area contributed by atoms with Gasteiger partial charge in [0.05, 0.1) is 0 Å². The number of rotatable bonds is 2. The van der Waals surface area contributed by atoms with Crippen LogP contribution in [-0.2, 0) is 11.8 Å². The van der Waals surface area contributed by atoms with Crippen LogP contribution in [0.3, 0.4) is 0 Å². The summed E-state index contributed by atoms with van der Waals surface area (Å²) in [6, 6.07) is 24.3. The zero-order chi connectivity index (χ0) is 16.9. The van der Waals surface area contributed by atoms with Gasteiger partial charge in [-0.1, -0.05) is 73.5 Å². The molecule has 0 heterocycles. The fraction of sp³-hybridized carbons (Fsp3) is 0.250. The average Bonchev–Trinajstić information content (AvgIpc) is 3.22. The highest BCUT2D eigenvalue weighted by Crippen LogP contribution is 2.58. The fourth-order valence-corrected chi connectivity index (χ4v) is 5.09. The molecule has 2 N–H and O–H groups in total. The molecule has 3 aromatic rings. The van der Waals surface area contributed by atoms with Crippen LogP contribution in [0.1, 0.15) is 47.9 Å². The summed E-state index contributed by atoms with van der Waals surface area (Å²) >= 11 is 0. The zero-order valence-corrected chi connectivity index (χ0v) is 14.5. The van der Waals surface area contributed by atoms with Gasteiger partial charge in [-0.3, -0.25) is 0 Å². The van der Waals surface area contributed by atoms with Crippen molar-refractivity contribution in [2.24, 2.45) is 0 Å². The van der Waals surface area contributed by atoms with E-state index in [-0.39, 0.29) is 5.41 Å². The Balaban J connectivity index is 1.66. The average molecular weight is 325 g/mol. The minimum absolute atomic E-state index is 0.214. The molecule has 124 valence electrons. The Labute approximate surface area is 149 Å². The molecule has 2 aliphatic carbocycles. The van der Waals surface area contributed by atoms with Gasteiger partial charge in [-0.25, -0.2) is 0 Å². The molecule has 1 fully saturated rings. The molecule has 0 radical (unpaired) electrons. The maximum absolute atomic E-state index is 6.44. The highest BCUT2D eigenvalue weighted by Gasteiger charge is 2.45. The molecule has 0 unspecified atom stereocenters. The molecule has 3 aromatic carbocycles. The molecule has 0 atom stereocenters. The van der Waals surface area contributed by atoms with Gasteiger partial charge in [0.2, 0.25) is 0 Å². The second-order valence-electron chi connectivity index (χ2n) is 7.60. The van der Waals surface area contributed by atoms with Crippen molar-refractivity contribution in [2.75, 3.05) is 5.73 Å².